The Morgan fingerprint density at radius 3 is 2.22 bits per heavy atom. The number of ether oxygens (including phenoxy) is 1. The molecule has 0 saturated carbocycles. The Morgan fingerprint density at radius 2 is 1.66 bits per heavy atom. The van der Waals surface area contributed by atoms with Crippen LogP contribution in [-0.2, 0) is 14.3 Å². The fourth-order valence-corrected chi connectivity index (χ4v) is 3.18. The summed E-state index contributed by atoms with van der Waals surface area (Å²) in [6.07, 6.45) is 1.20. The summed E-state index contributed by atoms with van der Waals surface area (Å²) in [5.41, 5.74) is 1.04. The van der Waals surface area contributed by atoms with Crippen LogP contribution in [0.3, 0.4) is 0 Å². The molecule has 0 saturated heterocycles. The van der Waals surface area contributed by atoms with Gasteiger partial charge in [-0.25, -0.2) is 9.59 Å². The molecule has 1 aromatic carbocycles. The van der Waals surface area contributed by atoms with Crippen molar-refractivity contribution in [2.75, 3.05) is 18.1 Å². The number of pyridine rings is 1. The van der Waals surface area contributed by atoms with Gasteiger partial charge in [0.25, 0.3) is 11.8 Å². The first kappa shape index (κ1) is 25.2. The van der Waals surface area contributed by atoms with Gasteiger partial charge < -0.3 is 20.5 Å². The van der Waals surface area contributed by atoms with Crippen molar-refractivity contribution in [3.05, 3.63) is 53.9 Å². The van der Waals surface area contributed by atoms with Crippen LogP contribution in [0.5, 0.6) is 0 Å². The Labute approximate surface area is 195 Å². The van der Waals surface area contributed by atoms with E-state index in [2.05, 4.69) is 40.9 Å². The lowest BCUT2D eigenvalue weighted by Crippen LogP contribution is -2.43. The lowest BCUT2D eigenvalue weighted by Gasteiger charge is -2.17. The van der Waals surface area contributed by atoms with E-state index in [9.17, 15) is 19.2 Å². The number of rotatable bonds is 10. The number of benzene rings is 1. The number of nitrogens with zero attached hydrogens (tertiary/aromatic N) is 1. The number of nitrogens with one attached hydrogen (secondary N) is 2. The summed E-state index contributed by atoms with van der Waals surface area (Å²) >= 11 is 8.02. The van der Waals surface area contributed by atoms with Crippen LogP contribution < -0.4 is 10.6 Å². The summed E-state index contributed by atoms with van der Waals surface area (Å²) in [7, 11) is 0. The number of hydrogen-bond acceptors (Lipinski definition) is 8. The summed E-state index contributed by atoms with van der Waals surface area (Å²) in [6, 6.07) is 8.00. The molecule has 32 heavy (non-hydrogen) atoms. The minimum absolute atomic E-state index is 0.0272. The van der Waals surface area contributed by atoms with E-state index in [-0.39, 0.29) is 29.4 Å². The van der Waals surface area contributed by atoms with Crippen molar-refractivity contribution in [3.63, 3.8) is 0 Å². The molecule has 0 aliphatic carbocycles. The van der Waals surface area contributed by atoms with Crippen LogP contribution in [0, 0.1) is 0 Å². The van der Waals surface area contributed by atoms with Gasteiger partial charge >= 0.3 is 11.9 Å². The molecular weight excluding hydrogens is 454 g/mol. The molecule has 9 nitrogen and oxygen atoms in total. The quantitative estimate of drug-likeness (QED) is 0.258. The maximum atomic E-state index is 12.9. The maximum Gasteiger partial charge on any atom is 0.329 e. The van der Waals surface area contributed by atoms with Gasteiger partial charge in [-0.3, -0.25) is 14.6 Å². The largest absolute Gasteiger partial charge is 0.480 e. The number of thiol groups is 2. The van der Waals surface area contributed by atoms with Gasteiger partial charge in [0.1, 0.15) is 17.8 Å². The number of aromatic nitrogens is 1. The molecule has 2 atom stereocenters. The van der Waals surface area contributed by atoms with Gasteiger partial charge in [0.05, 0.1) is 12.2 Å². The molecule has 0 fully saturated rings. The molecule has 2 aromatic rings. The molecule has 11 heteroatoms. The number of carboxylic acid groups (broad SMARTS) is 1. The molecule has 0 radical (unpaired) electrons. The Kier molecular flexibility index (Phi) is 9.54. The Balaban J connectivity index is 2.41. The highest BCUT2D eigenvalue weighted by atomic mass is 32.1. The zero-order chi connectivity index (χ0) is 23.7. The highest BCUT2D eigenvalue weighted by Gasteiger charge is 2.25. The van der Waals surface area contributed by atoms with Crippen molar-refractivity contribution in [3.8, 4) is 11.1 Å². The van der Waals surface area contributed by atoms with Crippen LogP contribution in [-0.4, -0.2) is 64.0 Å². The fourth-order valence-electron chi connectivity index (χ4n) is 2.69. The average Bonchev–Trinajstić information content (AvgIpc) is 2.80. The predicted molar refractivity (Wildman–Crippen MR) is 124 cm³/mol. The molecule has 0 aliphatic heterocycles. The van der Waals surface area contributed by atoms with Gasteiger partial charge in [-0.05, 0) is 24.1 Å². The lowest BCUT2D eigenvalue weighted by atomic mass is 9.99. The predicted octanol–water partition coefficient (Wildman–Crippen LogP) is 1.45. The fraction of sp³-hybridized carbons (Fsp3) is 0.286. The molecule has 0 aliphatic rings. The van der Waals surface area contributed by atoms with E-state index in [1.807, 2.05) is 0 Å². The van der Waals surface area contributed by atoms with Crippen molar-refractivity contribution in [1.29, 1.82) is 0 Å². The van der Waals surface area contributed by atoms with Gasteiger partial charge in [0.15, 0.2) is 0 Å². The molecular formula is C21H23N3O6S2. The summed E-state index contributed by atoms with van der Waals surface area (Å²) in [5.74, 6) is -3.26. The molecule has 0 spiro atoms. The molecule has 0 bridgehead atoms. The summed E-state index contributed by atoms with van der Waals surface area (Å²) in [6.45, 7) is 1.81. The maximum absolute atomic E-state index is 12.9. The van der Waals surface area contributed by atoms with Crippen molar-refractivity contribution < 1.29 is 29.0 Å². The average molecular weight is 478 g/mol. The third-order valence-electron chi connectivity index (χ3n) is 4.31. The van der Waals surface area contributed by atoms with Gasteiger partial charge in [0, 0.05) is 17.7 Å². The summed E-state index contributed by atoms with van der Waals surface area (Å²) < 4.78 is 4.94. The van der Waals surface area contributed by atoms with Gasteiger partial charge in [-0.15, -0.1) is 0 Å². The monoisotopic (exact) mass is 477 g/mol. The molecule has 1 aromatic heterocycles. The highest BCUT2D eigenvalue weighted by molar-refractivity contribution is 7.80. The second-order valence-corrected chi connectivity index (χ2v) is 7.22. The van der Waals surface area contributed by atoms with E-state index >= 15 is 0 Å². The molecule has 170 valence electrons. The van der Waals surface area contributed by atoms with Gasteiger partial charge in [-0.1, -0.05) is 30.3 Å². The Bertz CT molecular complexity index is 987. The van der Waals surface area contributed by atoms with E-state index in [0.717, 1.165) is 0 Å². The minimum atomic E-state index is -1.23. The lowest BCUT2D eigenvalue weighted by molar-refractivity contribution is -0.144. The standard InChI is InChI=1S/C21H23N3O6S2/c1-2-30-21(29)17(11-32)24-18(25)14-9-22-15(19(26)23-16(10-31)20(27)28)8-13(14)12-6-4-3-5-7-12/h3-9,16-17,31-32H,2,10-11H2,1H3,(H,23,26)(H,24,25)(H,27,28). The van der Waals surface area contributed by atoms with Crippen molar-refractivity contribution >= 4 is 49.0 Å². The van der Waals surface area contributed by atoms with Gasteiger partial charge in [-0.2, -0.15) is 25.3 Å². The topological polar surface area (TPSA) is 135 Å². The second kappa shape index (κ2) is 12.1. The molecule has 1 heterocycles. The van der Waals surface area contributed by atoms with Crippen molar-refractivity contribution in [2.45, 2.75) is 19.0 Å². The molecule has 3 N–H and O–H groups in total. The van der Waals surface area contributed by atoms with E-state index < -0.39 is 35.8 Å². The van der Waals surface area contributed by atoms with E-state index in [1.165, 1.54) is 12.3 Å². The van der Waals surface area contributed by atoms with E-state index in [0.29, 0.717) is 11.1 Å². The number of carboxylic acids is 1. The number of carbonyl (C=O) groups excluding carboxylic acids is 3. The minimum Gasteiger partial charge on any atom is -0.480 e. The van der Waals surface area contributed by atoms with E-state index in [1.54, 1.807) is 37.3 Å². The van der Waals surface area contributed by atoms with Crippen LogP contribution in [0.15, 0.2) is 42.6 Å². The number of esters is 1. The SMILES string of the molecule is CCOC(=O)C(CS)NC(=O)c1cnc(C(=O)NC(CS)C(=O)O)cc1-c1ccccc1. The number of aliphatic carboxylic acids is 1. The molecule has 2 unspecified atom stereocenters. The normalized spacial score (nSPS) is 12.3. The first-order valence-electron chi connectivity index (χ1n) is 9.60. The van der Waals surface area contributed by atoms with Crippen LogP contribution in [0.1, 0.15) is 27.8 Å². The van der Waals surface area contributed by atoms with Gasteiger partial charge in [0.2, 0.25) is 0 Å². The van der Waals surface area contributed by atoms with Crippen LogP contribution in [0.2, 0.25) is 0 Å². The number of carbonyl (C=O) groups is 4. The molecule has 2 amide bonds. The van der Waals surface area contributed by atoms with Crippen LogP contribution in [0.25, 0.3) is 11.1 Å². The first-order valence-corrected chi connectivity index (χ1v) is 10.9. The highest BCUT2D eigenvalue weighted by Crippen LogP contribution is 2.24. The summed E-state index contributed by atoms with van der Waals surface area (Å²) in [5, 5.41) is 14.0. The Morgan fingerprint density at radius 1 is 1.03 bits per heavy atom. The smallest absolute Gasteiger partial charge is 0.329 e. The van der Waals surface area contributed by atoms with Crippen molar-refractivity contribution in [1.82, 2.24) is 15.6 Å². The third-order valence-corrected chi connectivity index (χ3v) is 5.04. The zero-order valence-corrected chi connectivity index (χ0v) is 18.9. The van der Waals surface area contributed by atoms with Crippen molar-refractivity contribution in [2.24, 2.45) is 0 Å². The van der Waals surface area contributed by atoms with E-state index in [4.69, 9.17) is 9.84 Å². The number of amides is 2. The van der Waals surface area contributed by atoms with Crippen LogP contribution >= 0.6 is 25.3 Å². The summed E-state index contributed by atoms with van der Waals surface area (Å²) in [4.78, 5) is 52.7. The molecule has 2 rings (SSSR count). The zero-order valence-electron chi connectivity index (χ0n) is 17.1. The second-order valence-electron chi connectivity index (χ2n) is 6.49. The van der Waals surface area contributed by atoms with Crippen LogP contribution in [0.4, 0.5) is 0 Å². The first-order chi connectivity index (χ1) is 15.3. The number of hydrogen-bond donors (Lipinski definition) is 5. The Hall–Kier alpha value is -3.05. The third kappa shape index (κ3) is 6.47.